The molecule has 0 aliphatic carbocycles. The number of nitrogens with two attached hydrogens (primary N) is 1. The van der Waals surface area contributed by atoms with Gasteiger partial charge in [0.25, 0.3) is 0 Å². The number of halogens is 1. The van der Waals surface area contributed by atoms with Crippen molar-refractivity contribution in [2.75, 3.05) is 11.4 Å². The average Bonchev–Trinajstić information content (AvgIpc) is 2.76. The fourth-order valence-electron chi connectivity index (χ4n) is 2.11. The molecule has 1 heterocycles. The van der Waals surface area contributed by atoms with Gasteiger partial charge >= 0.3 is 0 Å². The van der Waals surface area contributed by atoms with E-state index in [1.54, 1.807) is 12.1 Å². The number of furan rings is 1. The van der Waals surface area contributed by atoms with Crippen LogP contribution in [0.3, 0.4) is 0 Å². The maximum absolute atomic E-state index is 13.3. The van der Waals surface area contributed by atoms with Gasteiger partial charge in [0.05, 0.1) is 6.54 Å². The Morgan fingerprint density at radius 2 is 2.11 bits per heavy atom. The molecule has 0 radical (unpaired) electrons. The van der Waals surface area contributed by atoms with Crippen LogP contribution in [-0.4, -0.2) is 6.54 Å². The highest BCUT2D eigenvalue weighted by Crippen LogP contribution is 2.21. The molecule has 0 aliphatic heterocycles. The quantitative estimate of drug-likeness (QED) is 0.899. The Kier molecular flexibility index (Phi) is 4.22. The number of hydrogen-bond acceptors (Lipinski definition) is 3. The van der Waals surface area contributed by atoms with Gasteiger partial charge in [-0.15, -0.1) is 0 Å². The molecular formula is C15H19FN2O. The summed E-state index contributed by atoms with van der Waals surface area (Å²) in [5, 5.41) is 0. The summed E-state index contributed by atoms with van der Waals surface area (Å²) in [5.74, 6) is 1.43. The lowest BCUT2D eigenvalue weighted by Gasteiger charge is -2.22. The fourth-order valence-corrected chi connectivity index (χ4v) is 2.11. The van der Waals surface area contributed by atoms with Gasteiger partial charge in [0, 0.05) is 24.3 Å². The minimum Gasteiger partial charge on any atom is -0.465 e. The molecule has 0 saturated carbocycles. The van der Waals surface area contributed by atoms with Crippen molar-refractivity contribution >= 4 is 5.69 Å². The topological polar surface area (TPSA) is 42.4 Å². The maximum atomic E-state index is 13.3. The lowest BCUT2D eigenvalue weighted by atomic mass is 10.2. The van der Waals surface area contributed by atoms with Crippen LogP contribution in [0.4, 0.5) is 10.1 Å². The lowest BCUT2D eigenvalue weighted by Crippen LogP contribution is -2.22. The number of nitrogens with zero attached hydrogens (tertiary/aromatic N) is 1. The summed E-state index contributed by atoms with van der Waals surface area (Å²) in [4.78, 5) is 2.10. The average molecular weight is 262 g/mol. The van der Waals surface area contributed by atoms with Crippen LogP contribution >= 0.6 is 0 Å². The zero-order valence-corrected chi connectivity index (χ0v) is 11.3. The molecule has 2 N–H and O–H groups in total. The van der Waals surface area contributed by atoms with Crippen LogP contribution in [0.1, 0.15) is 24.0 Å². The van der Waals surface area contributed by atoms with E-state index in [4.69, 9.17) is 10.2 Å². The largest absolute Gasteiger partial charge is 0.465 e. The predicted octanol–water partition coefficient (Wildman–Crippen LogP) is 3.21. The van der Waals surface area contributed by atoms with E-state index in [0.29, 0.717) is 13.1 Å². The molecule has 0 unspecified atom stereocenters. The fraction of sp³-hybridized carbons (Fsp3) is 0.333. The maximum Gasteiger partial charge on any atom is 0.125 e. The van der Waals surface area contributed by atoms with E-state index in [1.165, 1.54) is 6.07 Å². The third kappa shape index (κ3) is 3.15. The first-order valence-corrected chi connectivity index (χ1v) is 6.42. The van der Waals surface area contributed by atoms with Gasteiger partial charge in [-0.2, -0.15) is 0 Å². The number of benzene rings is 1. The Balaban J connectivity index is 2.21. The van der Waals surface area contributed by atoms with E-state index >= 15 is 0 Å². The molecule has 4 heteroatoms. The molecule has 0 atom stereocenters. The second kappa shape index (κ2) is 5.89. The highest BCUT2D eigenvalue weighted by atomic mass is 19.1. The molecule has 0 amide bonds. The number of rotatable bonds is 5. The van der Waals surface area contributed by atoms with E-state index < -0.39 is 0 Å². The highest BCUT2D eigenvalue weighted by molar-refractivity contribution is 5.47. The van der Waals surface area contributed by atoms with Crippen LogP contribution in [-0.2, 0) is 13.1 Å². The summed E-state index contributed by atoms with van der Waals surface area (Å²) < 4.78 is 18.8. The SMILES string of the molecule is CCN(Cc1cc(CN)oc1C)c1cccc(F)c1. The van der Waals surface area contributed by atoms with Gasteiger partial charge in [-0.3, -0.25) is 0 Å². The summed E-state index contributed by atoms with van der Waals surface area (Å²) in [5.41, 5.74) is 7.53. The molecule has 0 spiro atoms. The van der Waals surface area contributed by atoms with Crippen molar-refractivity contribution in [2.24, 2.45) is 5.73 Å². The molecule has 2 aromatic rings. The van der Waals surface area contributed by atoms with Crippen LogP contribution in [0.15, 0.2) is 34.7 Å². The zero-order chi connectivity index (χ0) is 13.8. The van der Waals surface area contributed by atoms with Gasteiger partial charge < -0.3 is 15.1 Å². The zero-order valence-electron chi connectivity index (χ0n) is 11.3. The molecule has 2 rings (SSSR count). The van der Waals surface area contributed by atoms with Crippen LogP contribution in [0.25, 0.3) is 0 Å². The predicted molar refractivity (Wildman–Crippen MR) is 74.5 cm³/mol. The van der Waals surface area contributed by atoms with E-state index in [-0.39, 0.29) is 5.82 Å². The molecule has 1 aromatic carbocycles. The van der Waals surface area contributed by atoms with Crippen molar-refractivity contribution in [1.29, 1.82) is 0 Å². The Morgan fingerprint density at radius 3 is 2.68 bits per heavy atom. The Bertz CT molecular complexity index is 551. The van der Waals surface area contributed by atoms with Crippen LogP contribution in [0.5, 0.6) is 0 Å². The van der Waals surface area contributed by atoms with Crippen molar-refractivity contribution in [3.8, 4) is 0 Å². The van der Waals surface area contributed by atoms with Crippen molar-refractivity contribution in [3.63, 3.8) is 0 Å². The monoisotopic (exact) mass is 262 g/mol. The summed E-state index contributed by atoms with van der Waals surface area (Å²) in [6, 6.07) is 8.60. The minimum atomic E-state index is -0.220. The summed E-state index contributed by atoms with van der Waals surface area (Å²) >= 11 is 0. The summed E-state index contributed by atoms with van der Waals surface area (Å²) in [7, 11) is 0. The molecule has 3 nitrogen and oxygen atoms in total. The van der Waals surface area contributed by atoms with E-state index in [2.05, 4.69) is 4.90 Å². The number of anilines is 1. The van der Waals surface area contributed by atoms with E-state index in [1.807, 2.05) is 26.0 Å². The highest BCUT2D eigenvalue weighted by Gasteiger charge is 2.11. The molecule has 0 fully saturated rings. The summed E-state index contributed by atoms with van der Waals surface area (Å²) in [6.45, 7) is 5.85. The first-order valence-electron chi connectivity index (χ1n) is 6.42. The Morgan fingerprint density at radius 1 is 1.32 bits per heavy atom. The third-order valence-electron chi connectivity index (χ3n) is 3.19. The summed E-state index contributed by atoms with van der Waals surface area (Å²) in [6.07, 6.45) is 0. The molecule has 0 saturated heterocycles. The second-order valence-corrected chi connectivity index (χ2v) is 4.49. The van der Waals surface area contributed by atoms with E-state index in [9.17, 15) is 4.39 Å². The van der Waals surface area contributed by atoms with Gasteiger partial charge in [0.1, 0.15) is 17.3 Å². The van der Waals surface area contributed by atoms with Crippen LogP contribution in [0, 0.1) is 12.7 Å². The first kappa shape index (κ1) is 13.6. The molecule has 102 valence electrons. The normalized spacial score (nSPS) is 10.7. The van der Waals surface area contributed by atoms with Gasteiger partial charge in [-0.05, 0) is 38.1 Å². The van der Waals surface area contributed by atoms with Gasteiger partial charge in [-0.25, -0.2) is 4.39 Å². The minimum absolute atomic E-state index is 0.220. The molecule has 19 heavy (non-hydrogen) atoms. The standard InChI is InChI=1S/C15H19FN2O/c1-3-18(14-6-4-5-13(16)8-14)10-12-7-15(9-17)19-11(12)2/h4-8H,3,9-10,17H2,1-2H3. The molecule has 0 aliphatic rings. The molecule has 0 bridgehead atoms. The van der Waals surface area contributed by atoms with Crippen molar-refractivity contribution in [2.45, 2.75) is 26.9 Å². The van der Waals surface area contributed by atoms with Gasteiger partial charge in [0.2, 0.25) is 0 Å². The Labute approximate surface area is 112 Å². The third-order valence-corrected chi connectivity index (χ3v) is 3.19. The van der Waals surface area contributed by atoms with Crippen LogP contribution in [0.2, 0.25) is 0 Å². The smallest absolute Gasteiger partial charge is 0.125 e. The number of hydrogen-bond donors (Lipinski definition) is 1. The molecule has 1 aromatic heterocycles. The van der Waals surface area contributed by atoms with Gasteiger partial charge in [0.15, 0.2) is 0 Å². The molecular weight excluding hydrogens is 243 g/mol. The van der Waals surface area contributed by atoms with Gasteiger partial charge in [-0.1, -0.05) is 6.07 Å². The van der Waals surface area contributed by atoms with Crippen LogP contribution < -0.4 is 10.6 Å². The van der Waals surface area contributed by atoms with E-state index in [0.717, 1.165) is 29.3 Å². The number of aryl methyl sites for hydroxylation is 1. The Hall–Kier alpha value is -1.81. The van der Waals surface area contributed by atoms with Crippen molar-refractivity contribution in [1.82, 2.24) is 0 Å². The van der Waals surface area contributed by atoms with Crippen molar-refractivity contribution < 1.29 is 8.81 Å². The lowest BCUT2D eigenvalue weighted by molar-refractivity contribution is 0.482. The second-order valence-electron chi connectivity index (χ2n) is 4.49. The first-order chi connectivity index (χ1) is 9.13. The van der Waals surface area contributed by atoms with Crippen molar-refractivity contribution in [3.05, 3.63) is 53.2 Å².